The SMILES string of the molecule is CC(C(=O)NC(C)(C)C)S(=O)(=O)CCN. The lowest BCUT2D eigenvalue weighted by atomic mass is 10.1. The highest BCUT2D eigenvalue weighted by molar-refractivity contribution is 7.92. The van der Waals surface area contributed by atoms with Gasteiger partial charge in [-0.1, -0.05) is 0 Å². The van der Waals surface area contributed by atoms with Gasteiger partial charge in [0.05, 0.1) is 5.75 Å². The van der Waals surface area contributed by atoms with Gasteiger partial charge in [-0.2, -0.15) is 0 Å². The van der Waals surface area contributed by atoms with Gasteiger partial charge in [-0.3, -0.25) is 4.79 Å². The molecule has 0 spiro atoms. The molecule has 3 N–H and O–H groups in total. The third kappa shape index (κ3) is 5.13. The Balaban J connectivity index is 4.59. The fourth-order valence-corrected chi connectivity index (χ4v) is 2.04. The van der Waals surface area contributed by atoms with E-state index in [1.807, 2.05) is 0 Å². The van der Waals surface area contributed by atoms with Gasteiger partial charge in [0.2, 0.25) is 5.91 Å². The summed E-state index contributed by atoms with van der Waals surface area (Å²) in [4.78, 5) is 11.5. The van der Waals surface area contributed by atoms with Crippen LogP contribution in [-0.4, -0.2) is 37.4 Å². The Labute approximate surface area is 91.3 Å². The number of amides is 1. The van der Waals surface area contributed by atoms with Gasteiger partial charge < -0.3 is 11.1 Å². The highest BCUT2D eigenvalue weighted by Gasteiger charge is 2.29. The summed E-state index contributed by atoms with van der Waals surface area (Å²) in [5, 5.41) is 1.58. The molecule has 1 amide bonds. The average molecular weight is 236 g/mol. The third-order valence-electron chi connectivity index (χ3n) is 1.81. The second kappa shape index (κ2) is 4.94. The van der Waals surface area contributed by atoms with Gasteiger partial charge in [0, 0.05) is 12.1 Å². The maximum absolute atomic E-state index is 11.5. The van der Waals surface area contributed by atoms with Crippen molar-refractivity contribution in [1.29, 1.82) is 0 Å². The Bertz CT molecular complexity index is 317. The molecule has 0 heterocycles. The summed E-state index contributed by atoms with van der Waals surface area (Å²) in [7, 11) is -3.42. The highest BCUT2D eigenvalue weighted by Crippen LogP contribution is 2.05. The Morgan fingerprint density at radius 1 is 1.40 bits per heavy atom. The molecular weight excluding hydrogens is 216 g/mol. The van der Waals surface area contributed by atoms with E-state index < -0.39 is 26.5 Å². The minimum atomic E-state index is -3.42. The molecule has 15 heavy (non-hydrogen) atoms. The molecule has 0 rings (SSSR count). The van der Waals surface area contributed by atoms with Crippen LogP contribution in [0.2, 0.25) is 0 Å². The number of nitrogens with one attached hydrogen (secondary N) is 1. The molecule has 6 heteroatoms. The molecule has 0 aromatic heterocycles. The van der Waals surface area contributed by atoms with Crippen molar-refractivity contribution in [3.05, 3.63) is 0 Å². The number of carbonyl (C=O) groups is 1. The van der Waals surface area contributed by atoms with Crippen molar-refractivity contribution in [1.82, 2.24) is 5.32 Å². The largest absolute Gasteiger partial charge is 0.350 e. The lowest BCUT2D eigenvalue weighted by molar-refractivity contribution is -0.121. The summed E-state index contributed by atoms with van der Waals surface area (Å²) in [6.07, 6.45) is 0. The van der Waals surface area contributed by atoms with Gasteiger partial charge >= 0.3 is 0 Å². The summed E-state index contributed by atoms with van der Waals surface area (Å²) in [5.41, 5.74) is 4.74. The molecule has 1 unspecified atom stereocenters. The second-order valence-corrected chi connectivity index (χ2v) is 6.98. The first kappa shape index (κ1) is 14.4. The zero-order chi connectivity index (χ0) is 12.3. The van der Waals surface area contributed by atoms with Crippen LogP contribution in [0.1, 0.15) is 27.7 Å². The molecule has 5 nitrogen and oxygen atoms in total. The van der Waals surface area contributed by atoms with Crippen molar-refractivity contribution in [2.75, 3.05) is 12.3 Å². The molecule has 0 saturated carbocycles. The maximum atomic E-state index is 11.5. The molecule has 0 aliphatic heterocycles. The van der Waals surface area contributed by atoms with Crippen LogP contribution in [0, 0.1) is 0 Å². The Kier molecular flexibility index (Phi) is 4.73. The minimum absolute atomic E-state index is 0.0372. The molecule has 90 valence electrons. The summed E-state index contributed by atoms with van der Waals surface area (Å²) in [6, 6.07) is 0. The molecular formula is C9H20N2O3S. The highest BCUT2D eigenvalue weighted by atomic mass is 32.2. The standard InChI is InChI=1S/C9H20N2O3S/c1-7(15(13,14)6-5-10)8(12)11-9(2,3)4/h7H,5-6,10H2,1-4H3,(H,11,12). The van der Waals surface area contributed by atoms with Crippen LogP contribution in [0.4, 0.5) is 0 Å². The molecule has 0 fully saturated rings. The van der Waals surface area contributed by atoms with Gasteiger partial charge in [0.15, 0.2) is 9.84 Å². The number of hydrogen-bond acceptors (Lipinski definition) is 4. The van der Waals surface area contributed by atoms with E-state index in [1.165, 1.54) is 6.92 Å². The maximum Gasteiger partial charge on any atom is 0.238 e. The smallest absolute Gasteiger partial charge is 0.238 e. The molecule has 0 aromatic carbocycles. The molecule has 1 atom stereocenters. The van der Waals surface area contributed by atoms with Crippen molar-refractivity contribution in [2.24, 2.45) is 5.73 Å². The van der Waals surface area contributed by atoms with Gasteiger partial charge in [-0.05, 0) is 27.7 Å². The monoisotopic (exact) mass is 236 g/mol. The number of carbonyl (C=O) groups excluding carboxylic acids is 1. The number of sulfone groups is 1. The van der Waals surface area contributed by atoms with Gasteiger partial charge in [0.1, 0.15) is 5.25 Å². The van der Waals surface area contributed by atoms with Gasteiger partial charge in [-0.25, -0.2) is 8.42 Å². The van der Waals surface area contributed by atoms with Crippen molar-refractivity contribution in [3.8, 4) is 0 Å². The summed E-state index contributed by atoms with van der Waals surface area (Å²) in [6.45, 7) is 6.81. The topological polar surface area (TPSA) is 89.3 Å². The number of hydrogen-bond donors (Lipinski definition) is 2. The molecule has 0 saturated heterocycles. The quantitative estimate of drug-likeness (QED) is 0.699. The van der Waals surface area contributed by atoms with Gasteiger partial charge in [0.25, 0.3) is 0 Å². The normalized spacial score (nSPS) is 14.7. The Hall–Kier alpha value is -0.620. The van der Waals surface area contributed by atoms with Crippen LogP contribution in [-0.2, 0) is 14.6 Å². The number of rotatable bonds is 4. The van der Waals surface area contributed by atoms with Crippen LogP contribution in [0.15, 0.2) is 0 Å². The van der Waals surface area contributed by atoms with Crippen molar-refractivity contribution in [3.63, 3.8) is 0 Å². The molecule has 0 aliphatic carbocycles. The summed E-state index contributed by atoms with van der Waals surface area (Å²) in [5.74, 6) is -0.637. The van der Waals surface area contributed by atoms with Crippen molar-refractivity contribution < 1.29 is 13.2 Å². The van der Waals surface area contributed by atoms with Crippen molar-refractivity contribution in [2.45, 2.75) is 38.5 Å². The molecule has 0 aromatic rings. The molecule has 0 aliphatic rings. The van der Waals surface area contributed by atoms with Crippen LogP contribution in [0.25, 0.3) is 0 Å². The lowest BCUT2D eigenvalue weighted by Crippen LogP contribution is -2.48. The van der Waals surface area contributed by atoms with Crippen LogP contribution in [0.5, 0.6) is 0 Å². The van der Waals surface area contributed by atoms with E-state index in [9.17, 15) is 13.2 Å². The molecule has 0 bridgehead atoms. The fourth-order valence-electron chi connectivity index (χ4n) is 0.975. The first-order valence-corrected chi connectivity index (χ1v) is 6.55. The lowest BCUT2D eigenvalue weighted by Gasteiger charge is -2.23. The van der Waals surface area contributed by atoms with E-state index in [2.05, 4.69) is 5.32 Å². The van der Waals surface area contributed by atoms with E-state index in [0.717, 1.165) is 0 Å². The second-order valence-electron chi connectivity index (χ2n) is 4.54. The van der Waals surface area contributed by atoms with E-state index >= 15 is 0 Å². The predicted molar refractivity (Wildman–Crippen MR) is 60.2 cm³/mol. The predicted octanol–water partition coefficient (Wildman–Crippen LogP) is -0.337. The zero-order valence-corrected chi connectivity index (χ0v) is 10.5. The van der Waals surface area contributed by atoms with Crippen LogP contribution in [0.3, 0.4) is 0 Å². The number of nitrogens with two attached hydrogens (primary N) is 1. The molecule has 0 radical (unpaired) electrons. The summed E-state index contributed by atoms with van der Waals surface area (Å²) < 4.78 is 23.0. The fraction of sp³-hybridized carbons (Fsp3) is 0.889. The first-order chi connectivity index (χ1) is 6.60. The van der Waals surface area contributed by atoms with Crippen LogP contribution >= 0.6 is 0 Å². The van der Waals surface area contributed by atoms with Gasteiger partial charge in [-0.15, -0.1) is 0 Å². The van der Waals surface area contributed by atoms with E-state index in [-0.39, 0.29) is 12.3 Å². The van der Waals surface area contributed by atoms with Crippen LogP contribution < -0.4 is 11.1 Å². The Morgan fingerprint density at radius 2 is 1.87 bits per heavy atom. The minimum Gasteiger partial charge on any atom is -0.350 e. The zero-order valence-electron chi connectivity index (χ0n) is 9.70. The average Bonchev–Trinajstić information content (AvgIpc) is 1.99. The van der Waals surface area contributed by atoms with Crippen molar-refractivity contribution >= 4 is 15.7 Å². The third-order valence-corrected chi connectivity index (χ3v) is 3.90. The van der Waals surface area contributed by atoms with E-state index in [4.69, 9.17) is 5.73 Å². The first-order valence-electron chi connectivity index (χ1n) is 4.84. The summed E-state index contributed by atoms with van der Waals surface area (Å²) >= 11 is 0. The van der Waals surface area contributed by atoms with E-state index in [0.29, 0.717) is 0 Å². The van der Waals surface area contributed by atoms with E-state index in [1.54, 1.807) is 20.8 Å². The Morgan fingerprint density at radius 3 is 2.20 bits per heavy atom.